The maximum Gasteiger partial charge on any atom is 0.416 e. The molecule has 0 aliphatic heterocycles. The molecule has 0 aliphatic rings. The van der Waals surface area contributed by atoms with Crippen LogP contribution >= 0.6 is 0 Å². The predicted molar refractivity (Wildman–Crippen MR) is 190 cm³/mol. The molecule has 0 spiro atoms. The Hall–Kier alpha value is -3.77. The summed E-state index contributed by atoms with van der Waals surface area (Å²) in [7, 11) is -2.71. The number of hydrogen-bond donors (Lipinski definition) is 3. The Bertz CT molecular complexity index is 1480. The van der Waals surface area contributed by atoms with Gasteiger partial charge in [0, 0.05) is 30.2 Å². The van der Waals surface area contributed by atoms with E-state index in [0.29, 0.717) is 44.2 Å². The first kappa shape index (κ1) is 38.7. The van der Waals surface area contributed by atoms with E-state index in [-0.39, 0.29) is 24.0 Å². The van der Waals surface area contributed by atoms with Crippen molar-refractivity contribution < 1.29 is 27.9 Å². The molecule has 262 valence electrons. The second kappa shape index (κ2) is 18.7. The van der Waals surface area contributed by atoms with Crippen LogP contribution in [0, 0.1) is 5.92 Å². The number of aliphatic hydroxyl groups is 1. The lowest BCUT2D eigenvalue weighted by molar-refractivity contribution is -0.133. The highest BCUT2D eigenvalue weighted by molar-refractivity contribution is 7.89. The van der Waals surface area contributed by atoms with Crippen LogP contribution in [0.3, 0.4) is 0 Å². The lowest BCUT2D eigenvalue weighted by atomic mass is 9.84. The fourth-order valence-corrected chi connectivity index (χ4v) is 7.72. The number of nitrogens with zero attached hydrogens (tertiary/aromatic N) is 2. The van der Waals surface area contributed by atoms with Gasteiger partial charge in [0.15, 0.2) is 0 Å². The van der Waals surface area contributed by atoms with E-state index >= 15 is 0 Å². The van der Waals surface area contributed by atoms with Crippen molar-refractivity contribution in [1.82, 2.24) is 9.21 Å². The zero-order chi connectivity index (χ0) is 35.3. The third-order valence-corrected chi connectivity index (χ3v) is 10.6. The number of benzene rings is 3. The topological polar surface area (TPSA) is 156 Å². The second-order valence-electron chi connectivity index (χ2n) is 12.6. The van der Waals surface area contributed by atoms with Crippen molar-refractivity contribution in [2.45, 2.75) is 88.2 Å². The van der Waals surface area contributed by atoms with Gasteiger partial charge in [0.05, 0.1) is 24.7 Å². The highest BCUT2D eigenvalue weighted by Crippen LogP contribution is 2.30. The van der Waals surface area contributed by atoms with Crippen LogP contribution < -0.4 is 11.5 Å². The zero-order valence-corrected chi connectivity index (χ0v) is 29.4. The third kappa shape index (κ3) is 10.1. The quantitative estimate of drug-likeness (QED) is 0.143. The minimum atomic E-state index is -3.94. The monoisotopic (exact) mass is 680 g/mol. The number of methoxy groups -OCH3 is 1. The summed E-state index contributed by atoms with van der Waals surface area (Å²) in [6.45, 7) is 5.84. The molecule has 10 nitrogen and oxygen atoms in total. The Labute approximate surface area is 286 Å². The van der Waals surface area contributed by atoms with E-state index in [9.17, 15) is 23.1 Å². The first-order valence-corrected chi connectivity index (χ1v) is 18.1. The number of imide groups is 1. The minimum absolute atomic E-state index is 0.102. The van der Waals surface area contributed by atoms with Gasteiger partial charge in [-0.25, -0.2) is 18.1 Å². The molecule has 3 atom stereocenters. The molecule has 3 rings (SSSR count). The average Bonchev–Trinajstić information content (AvgIpc) is 3.08. The van der Waals surface area contributed by atoms with Gasteiger partial charge >= 0.3 is 6.09 Å². The SMILES string of the molecule is CCC[C@@H](CCC[C@@H](CO)N(CCC(C)C)S(=O)(=O)c1ccc(N)cc1)N(C(=O)OC)C(=O)[C@@H](N)C(c1ccccc1)c1ccccc1. The Balaban J connectivity index is 1.88. The third-order valence-electron chi connectivity index (χ3n) is 8.66. The first-order chi connectivity index (χ1) is 23.0. The number of nitrogens with two attached hydrogens (primary N) is 2. The molecule has 3 aromatic carbocycles. The second-order valence-corrected chi connectivity index (χ2v) is 14.5. The lowest BCUT2D eigenvalue weighted by Crippen LogP contribution is -2.53. The van der Waals surface area contributed by atoms with Crippen LogP contribution in [0.15, 0.2) is 89.8 Å². The van der Waals surface area contributed by atoms with Gasteiger partial charge in [0.1, 0.15) is 0 Å². The van der Waals surface area contributed by atoms with Gasteiger partial charge in [0.2, 0.25) is 15.9 Å². The molecule has 0 saturated heterocycles. The van der Waals surface area contributed by atoms with Gasteiger partial charge in [-0.2, -0.15) is 4.31 Å². The molecular formula is C37H52N4O6S. The number of amides is 2. The van der Waals surface area contributed by atoms with E-state index in [1.54, 1.807) is 12.1 Å². The Morgan fingerprint density at radius 3 is 1.85 bits per heavy atom. The molecule has 0 fully saturated rings. The van der Waals surface area contributed by atoms with Crippen molar-refractivity contribution in [2.24, 2.45) is 11.7 Å². The maximum absolute atomic E-state index is 14.2. The highest BCUT2D eigenvalue weighted by Gasteiger charge is 2.38. The van der Waals surface area contributed by atoms with Crippen molar-refractivity contribution in [1.29, 1.82) is 0 Å². The summed E-state index contributed by atoms with van der Waals surface area (Å²) >= 11 is 0. The van der Waals surface area contributed by atoms with E-state index in [2.05, 4.69) is 0 Å². The number of carbonyl (C=O) groups is 2. The van der Waals surface area contributed by atoms with Crippen LogP contribution in [-0.4, -0.2) is 73.1 Å². The fourth-order valence-electron chi connectivity index (χ4n) is 6.06. The number of rotatable bonds is 18. The molecule has 2 amide bonds. The van der Waals surface area contributed by atoms with Crippen LogP contribution in [0.1, 0.15) is 76.3 Å². The van der Waals surface area contributed by atoms with Crippen LogP contribution in [0.2, 0.25) is 0 Å². The van der Waals surface area contributed by atoms with Gasteiger partial charge in [-0.15, -0.1) is 0 Å². The van der Waals surface area contributed by atoms with Crippen molar-refractivity contribution in [3.05, 3.63) is 96.1 Å². The van der Waals surface area contributed by atoms with Gasteiger partial charge in [-0.1, -0.05) is 87.9 Å². The summed E-state index contributed by atoms with van der Waals surface area (Å²) < 4.78 is 34.1. The van der Waals surface area contributed by atoms with Crippen molar-refractivity contribution in [2.75, 3.05) is 26.0 Å². The molecule has 0 unspecified atom stereocenters. The number of hydrogen-bond acceptors (Lipinski definition) is 8. The lowest BCUT2D eigenvalue weighted by Gasteiger charge is -2.34. The molecule has 0 radical (unpaired) electrons. The molecule has 0 bridgehead atoms. The predicted octanol–water partition coefficient (Wildman–Crippen LogP) is 5.76. The van der Waals surface area contributed by atoms with E-state index in [1.807, 2.05) is 81.4 Å². The van der Waals surface area contributed by atoms with Gasteiger partial charge in [-0.3, -0.25) is 4.79 Å². The van der Waals surface area contributed by atoms with Crippen molar-refractivity contribution in [3.63, 3.8) is 0 Å². The van der Waals surface area contributed by atoms with E-state index < -0.39 is 46.1 Å². The molecule has 0 heterocycles. The standard InChI is InChI=1S/C37H52N4O6S/c1-5-13-31(18-12-19-32(26-42)40(25-24-27(2)3)48(45,46)33-22-20-30(38)21-23-33)41(37(44)47-4)36(43)35(39)34(28-14-8-6-9-15-28)29-16-10-7-11-17-29/h6-11,14-17,20-23,27,31-32,34-35,42H,5,12-13,18-19,24-26,38-39H2,1-4H3/t31-,32-,35-/m0/s1. The minimum Gasteiger partial charge on any atom is -0.452 e. The Morgan fingerprint density at radius 2 is 1.38 bits per heavy atom. The summed E-state index contributed by atoms with van der Waals surface area (Å²) in [5.74, 6) is -0.829. The summed E-state index contributed by atoms with van der Waals surface area (Å²) in [6.07, 6.45) is 2.11. The number of aliphatic hydroxyl groups excluding tert-OH is 1. The van der Waals surface area contributed by atoms with Crippen LogP contribution in [0.25, 0.3) is 0 Å². The number of anilines is 1. The molecule has 0 saturated carbocycles. The van der Waals surface area contributed by atoms with Gasteiger partial charge in [0.25, 0.3) is 0 Å². The van der Waals surface area contributed by atoms with E-state index in [0.717, 1.165) is 16.0 Å². The molecule has 3 aromatic rings. The Morgan fingerprint density at radius 1 is 0.833 bits per heavy atom. The molecule has 48 heavy (non-hydrogen) atoms. The van der Waals surface area contributed by atoms with Gasteiger partial charge in [-0.05, 0) is 73.4 Å². The van der Waals surface area contributed by atoms with Gasteiger partial charge < -0.3 is 21.3 Å². The largest absolute Gasteiger partial charge is 0.452 e. The van der Waals surface area contributed by atoms with Crippen LogP contribution in [0.5, 0.6) is 0 Å². The highest BCUT2D eigenvalue weighted by atomic mass is 32.2. The summed E-state index contributed by atoms with van der Waals surface area (Å²) in [6, 6.07) is 22.6. The fraction of sp³-hybridized carbons (Fsp3) is 0.459. The number of nitrogen functional groups attached to an aromatic ring is 1. The first-order valence-electron chi connectivity index (χ1n) is 16.7. The summed E-state index contributed by atoms with van der Waals surface area (Å²) in [4.78, 5) is 28.8. The summed E-state index contributed by atoms with van der Waals surface area (Å²) in [5.41, 5.74) is 14.7. The molecule has 0 aromatic heterocycles. The molecular weight excluding hydrogens is 628 g/mol. The van der Waals surface area contributed by atoms with Crippen molar-refractivity contribution >= 4 is 27.7 Å². The summed E-state index contributed by atoms with van der Waals surface area (Å²) in [5, 5.41) is 10.5. The number of carbonyl (C=O) groups excluding carboxylic acids is 2. The maximum atomic E-state index is 14.2. The van der Waals surface area contributed by atoms with Crippen LogP contribution in [0.4, 0.5) is 10.5 Å². The Kier molecular flexibility index (Phi) is 15.1. The molecule has 11 heteroatoms. The normalized spacial score (nSPS) is 13.8. The number of ether oxygens (including phenoxy) is 1. The number of sulfonamides is 1. The zero-order valence-electron chi connectivity index (χ0n) is 28.6. The average molecular weight is 681 g/mol. The van der Waals surface area contributed by atoms with Crippen molar-refractivity contribution in [3.8, 4) is 0 Å². The molecule has 5 N–H and O–H groups in total. The van der Waals surface area contributed by atoms with Crippen LogP contribution in [-0.2, 0) is 19.6 Å². The van der Waals surface area contributed by atoms with E-state index in [4.69, 9.17) is 16.2 Å². The smallest absolute Gasteiger partial charge is 0.416 e. The molecule has 0 aliphatic carbocycles. The van der Waals surface area contributed by atoms with E-state index in [1.165, 1.54) is 23.5 Å².